The first-order valence-corrected chi connectivity index (χ1v) is 8.14. The summed E-state index contributed by atoms with van der Waals surface area (Å²) < 4.78 is 13.9. The highest BCUT2D eigenvalue weighted by Gasteiger charge is 2.28. The molecule has 2 aromatic carbocycles. The summed E-state index contributed by atoms with van der Waals surface area (Å²) in [6.45, 7) is 0.499. The van der Waals surface area contributed by atoms with Gasteiger partial charge in [0.05, 0.1) is 5.92 Å². The lowest BCUT2D eigenvalue weighted by Crippen LogP contribution is -2.29. The molecule has 1 amide bonds. The zero-order valence-electron chi connectivity index (χ0n) is 12.0. The van der Waals surface area contributed by atoms with Crippen LogP contribution in [0.5, 0.6) is 0 Å². The lowest BCUT2D eigenvalue weighted by molar-refractivity contribution is -0.122. The molecular formula is C17H17FN2OS. The largest absolute Gasteiger partial charge is 0.351 e. The summed E-state index contributed by atoms with van der Waals surface area (Å²) >= 11 is 1.69. The third-order valence-corrected chi connectivity index (χ3v) is 5.01. The lowest BCUT2D eigenvalue weighted by atomic mass is 10.0. The zero-order valence-corrected chi connectivity index (χ0v) is 12.8. The number of nitrogens with one attached hydrogen (secondary N) is 1. The molecule has 0 radical (unpaired) electrons. The Labute approximate surface area is 133 Å². The first-order chi connectivity index (χ1) is 10.7. The summed E-state index contributed by atoms with van der Waals surface area (Å²) in [5.41, 5.74) is 7.76. The van der Waals surface area contributed by atoms with E-state index in [1.165, 1.54) is 6.07 Å². The van der Waals surface area contributed by atoms with Gasteiger partial charge in [-0.05, 0) is 23.3 Å². The molecule has 0 saturated carbocycles. The number of rotatable bonds is 4. The molecule has 2 aromatic rings. The molecule has 0 aromatic heterocycles. The summed E-state index contributed by atoms with van der Waals surface area (Å²) in [4.78, 5) is 13.5. The number of carbonyl (C=O) groups excluding carboxylic acids is 1. The fourth-order valence-electron chi connectivity index (χ4n) is 2.55. The topological polar surface area (TPSA) is 55.1 Å². The number of thioether (sulfide) groups is 1. The Hall–Kier alpha value is -1.85. The molecule has 3 rings (SSSR count). The van der Waals surface area contributed by atoms with Crippen molar-refractivity contribution in [1.29, 1.82) is 0 Å². The molecule has 22 heavy (non-hydrogen) atoms. The number of fused-ring (bicyclic) bond motifs is 1. The number of amides is 1. The van der Waals surface area contributed by atoms with Crippen LogP contribution in [0.15, 0.2) is 47.4 Å². The van der Waals surface area contributed by atoms with Crippen molar-refractivity contribution in [3.05, 3.63) is 65.0 Å². The summed E-state index contributed by atoms with van der Waals surface area (Å²) in [5.74, 6) is 0.191. The van der Waals surface area contributed by atoms with Crippen LogP contribution in [-0.2, 0) is 17.9 Å². The van der Waals surface area contributed by atoms with Gasteiger partial charge in [-0.3, -0.25) is 4.79 Å². The first-order valence-electron chi connectivity index (χ1n) is 7.16. The predicted molar refractivity (Wildman–Crippen MR) is 86.0 cm³/mol. The Kier molecular flexibility index (Phi) is 4.45. The molecule has 0 bridgehead atoms. The van der Waals surface area contributed by atoms with Gasteiger partial charge in [0.1, 0.15) is 5.82 Å². The number of benzene rings is 2. The maximum Gasteiger partial charge on any atom is 0.228 e. The maximum atomic E-state index is 13.9. The fraction of sp³-hybridized carbons (Fsp3) is 0.235. The van der Waals surface area contributed by atoms with Crippen LogP contribution in [-0.4, -0.2) is 11.7 Å². The highest BCUT2D eigenvalue weighted by molar-refractivity contribution is 7.99. The van der Waals surface area contributed by atoms with Crippen molar-refractivity contribution in [3.8, 4) is 0 Å². The van der Waals surface area contributed by atoms with Crippen molar-refractivity contribution >= 4 is 17.7 Å². The van der Waals surface area contributed by atoms with Gasteiger partial charge in [0, 0.05) is 29.3 Å². The third-order valence-electron chi connectivity index (χ3n) is 3.82. The summed E-state index contributed by atoms with van der Waals surface area (Å²) in [5, 5.41) is 2.84. The van der Waals surface area contributed by atoms with Crippen LogP contribution < -0.4 is 11.1 Å². The molecule has 3 nitrogen and oxygen atoms in total. The number of halogens is 1. The van der Waals surface area contributed by atoms with E-state index in [2.05, 4.69) is 5.32 Å². The van der Waals surface area contributed by atoms with Crippen LogP contribution >= 0.6 is 11.8 Å². The minimum Gasteiger partial charge on any atom is -0.351 e. The molecule has 1 aliphatic heterocycles. The van der Waals surface area contributed by atoms with Crippen LogP contribution in [0.25, 0.3) is 0 Å². The summed E-state index contributed by atoms with van der Waals surface area (Å²) in [7, 11) is 0. The zero-order chi connectivity index (χ0) is 15.5. The van der Waals surface area contributed by atoms with E-state index < -0.39 is 0 Å². The number of nitrogens with two attached hydrogens (primary N) is 1. The van der Waals surface area contributed by atoms with E-state index in [0.29, 0.717) is 12.1 Å². The van der Waals surface area contributed by atoms with Crippen molar-refractivity contribution in [2.45, 2.75) is 23.9 Å². The Bertz CT molecular complexity index is 705. The van der Waals surface area contributed by atoms with Crippen molar-refractivity contribution < 1.29 is 9.18 Å². The first kappa shape index (κ1) is 15.1. The molecule has 5 heteroatoms. The molecule has 1 atom stereocenters. The van der Waals surface area contributed by atoms with E-state index in [1.807, 2.05) is 24.3 Å². The van der Waals surface area contributed by atoms with Gasteiger partial charge in [0.2, 0.25) is 5.91 Å². The molecule has 0 aliphatic carbocycles. The van der Waals surface area contributed by atoms with Gasteiger partial charge in [0.15, 0.2) is 0 Å². The predicted octanol–water partition coefficient (Wildman–Crippen LogP) is 2.79. The van der Waals surface area contributed by atoms with Crippen molar-refractivity contribution in [2.24, 2.45) is 5.73 Å². The average molecular weight is 316 g/mol. The highest BCUT2D eigenvalue weighted by atomic mass is 32.2. The Morgan fingerprint density at radius 3 is 2.91 bits per heavy atom. The van der Waals surface area contributed by atoms with Crippen LogP contribution in [0.4, 0.5) is 4.39 Å². The van der Waals surface area contributed by atoms with Crippen LogP contribution in [0.3, 0.4) is 0 Å². The molecule has 3 N–H and O–H groups in total. The Morgan fingerprint density at radius 2 is 2.14 bits per heavy atom. The van der Waals surface area contributed by atoms with E-state index >= 15 is 0 Å². The Morgan fingerprint density at radius 1 is 1.32 bits per heavy atom. The lowest BCUT2D eigenvalue weighted by Gasteiger charge is -2.12. The van der Waals surface area contributed by atoms with Crippen LogP contribution in [0.1, 0.15) is 22.6 Å². The van der Waals surface area contributed by atoms with E-state index in [4.69, 9.17) is 5.73 Å². The molecule has 0 unspecified atom stereocenters. The second kappa shape index (κ2) is 6.50. The molecule has 114 valence electrons. The minimum atomic E-state index is -0.329. The number of carbonyl (C=O) groups is 1. The maximum absolute atomic E-state index is 13.9. The third kappa shape index (κ3) is 3.00. The molecule has 0 spiro atoms. The van der Waals surface area contributed by atoms with Gasteiger partial charge < -0.3 is 11.1 Å². The quantitative estimate of drug-likeness (QED) is 0.912. The second-order valence-electron chi connectivity index (χ2n) is 5.25. The monoisotopic (exact) mass is 316 g/mol. The Balaban J connectivity index is 1.66. The van der Waals surface area contributed by atoms with Gasteiger partial charge in [-0.25, -0.2) is 4.39 Å². The summed E-state index contributed by atoms with van der Waals surface area (Å²) in [6, 6.07) is 12.8. The molecule has 0 fully saturated rings. The van der Waals surface area contributed by atoms with Gasteiger partial charge >= 0.3 is 0 Å². The van der Waals surface area contributed by atoms with Crippen molar-refractivity contribution in [1.82, 2.24) is 5.32 Å². The smallest absolute Gasteiger partial charge is 0.228 e. The standard InChI is InChI=1S/C17H17FN2OS/c18-15-7-11(8-19)5-6-12(15)9-20-17(21)14-10-22-16-4-2-1-3-13(14)16/h1-7,14H,8-10,19H2,(H,20,21)/t14-/m1/s1. The van der Waals surface area contributed by atoms with Crippen LogP contribution in [0, 0.1) is 5.82 Å². The van der Waals surface area contributed by atoms with Crippen molar-refractivity contribution in [3.63, 3.8) is 0 Å². The molecule has 1 heterocycles. The van der Waals surface area contributed by atoms with E-state index in [0.717, 1.165) is 21.8 Å². The van der Waals surface area contributed by atoms with Gasteiger partial charge in [0.25, 0.3) is 0 Å². The second-order valence-corrected chi connectivity index (χ2v) is 6.31. The van der Waals surface area contributed by atoms with E-state index in [-0.39, 0.29) is 24.2 Å². The molecule has 0 saturated heterocycles. The van der Waals surface area contributed by atoms with E-state index in [1.54, 1.807) is 23.9 Å². The fourth-order valence-corrected chi connectivity index (χ4v) is 3.78. The van der Waals surface area contributed by atoms with Gasteiger partial charge in [-0.15, -0.1) is 11.8 Å². The van der Waals surface area contributed by atoms with Gasteiger partial charge in [-0.2, -0.15) is 0 Å². The van der Waals surface area contributed by atoms with E-state index in [9.17, 15) is 9.18 Å². The average Bonchev–Trinajstić information content (AvgIpc) is 2.97. The van der Waals surface area contributed by atoms with Crippen LogP contribution in [0.2, 0.25) is 0 Å². The van der Waals surface area contributed by atoms with Crippen molar-refractivity contribution in [2.75, 3.05) is 5.75 Å². The molecular weight excluding hydrogens is 299 g/mol. The molecule has 1 aliphatic rings. The minimum absolute atomic E-state index is 0.0558. The summed E-state index contributed by atoms with van der Waals surface area (Å²) in [6.07, 6.45) is 0. The SMILES string of the molecule is NCc1ccc(CNC(=O)[C@@H]2CSc3ccccc32)c(F)c1. The normalized spacial score (nSPS) is 16.4. The number of hydrogen-bond acceptors (Lipinski definition) is 3. The van der Waals surface area contributed by atoms with Gasteiger partial charge in [-0.1, -0.05) is 30.3 Å². The highest BCUT2D eigenvalue weighted by Crippen LogP contribution is 2.39. The number of hydrogen-bond donors (Lipinski definition) is 2.